The zero-order chi connectivity index (χ0) is 19.3. The first-order chi connectivity index (χ1) is 13.0. The van der Waals surface area contributed by atoms with E-state index in [9.17, 15) is 13.2 Å². The van der Waals surface area contributed by atoms with Gasteiger partial charge in [-0.3, -0.25) is 9.69 Å². The van der Waals surface area contributed by atoms with Gasteiger partial charge in [-0.2, -0.15) is 11.3 Å². The number of piperidine rings is 1. The van der Waals surface area contributed by atoms with Crippen molar-refractivity contribution in [3.63, 3.8) is 0 Å². The molecule has 1 amide bonds. The normalized spacial score (nSPS) is 16.8. The third-order valence-corrected chi connectivity index (χ3v) is 6.85. The summed E-state index contributed by atoms with van der Waals surface area (Å²) in [5.41, 5.74) is 1.73. The lowest BCUT2D eigenvalue weighted by Gasteiger charge is -2.34. The summed E-state index contributed by atoms with van der Waals surface area (Å²) in [6, 6.07) is 8.32. The fourth-order valence-corrected chi connectivity index (χ4v) is 5.09. The van der Waals surface area contributed by atoms with Gasteiger partial charge in [0.25, 0.3) is 0 Å². The van der Waals surface area contributed by atoms with Gasteiger partial charge in [0.2, 0.25) is 15.9 Å². The second-order valence-electron chi connectivity index (χ2n) is 6.73. The zero-order valence-electron chi connectivity index (χ0n) is 15.3. The third kappa shape index (κ3) is 5.38. The number of sulfonamides is 1. The van der Waals surface area contributed by atoms with Gasteiger partial charge in [-0.15, -0.1) is 0 Å². The van der Waals surface area contributed by atoms with E-state index in [-0.39, 0.29) is 16.8 Å². The van der Waals surface area contributed by atoms with E-state index in [4.69, 9.17) is 0 Å². The van der Waals surface area contributed by atoms with Gasteiger partial charge in [0.05, 0.1) is 4.90 Å². The molecule has 3 rings (SSSR count). The minimum Gasteiger partial charge on any atom is -0.326 e. The predicted octanol–water partition coefficient (Wildman–Crippen LogP) is 3.21. The van der Waals surface area contributed by atoms with Crippen LogP contribution in [0.5, 0.6) is 0 Å². The number of hydrogen-bond donors (Lipinski definition) is 2. The van der Waals surface area contributed by atoms with Crippen LogP contribution in [-0.4, -0.2) is 38.9 Å². The second-order valence-corrected chi connectivity index (χ2v) is 9.27. The van der Waals surface area contributed by atoms with Crippen LogP contribution in [-0.2, 0) is 14.8 Å². The lowest BCUT2D eigenvalue weighted by Crippen LogP contribution is -2.40. The summed E-state index contributed by atoms with van der Waals surface area (Å²) in [7, 11) is -3.62. The molecule has 0 spiro atoms. The third-order valence-electron chi connectivity index (χ3n) is 4.71. The quantitative estimate of drug-likeness (QED) is 0.739. The molecule has 2 heterocycles. The summed E-state index contributed by atoms with van der Waals surface area (Å²) in [6.45, 7) is 3.74. The Kier molecular flexibility index (Phi) is 6.64. The van der Waals surface area contributed by atoms with Crippen molar-refractivity contribution in [2.45, 2.75) is 37.1 Å². The highest BCUT2D eigenvalue weighted by atomic mass is 32.2. The van der Waals surface area contributed by atoms with Gasteiger partial charge < -0.3 is 5.32 Å². The van der Waals surface area contributed by atoms with E-state index >= 15 is 0 Å². The lowest BCUT2D eigenvalue weighted by molar-refractivity contribution is -0.114. The topological polar surface area (TPSA) is 78.5 Å². The van der Waals surface area contributed by atoms with E-state index in [1.54, 1.807) is 23.5 Å². The fraction of sp³-hybridized carbons (Fsp3) is 0.421. The molecule has 1 aliphatic rings. The number of anilines is 1. The van der Waals surface area contributed by atoms with Crippen LogP contribution in [0.15, 0.2) is 46.0 Å². The summed E-state index contributed by atoms with van der Waals surface area (Å²) in [5.74, 6) is -0.191. The lowest BCUT2D eigenvalue weighted by atomic mass is 10.0. The Morgan fingerprint density at radius 1 is 1.15 bits per heavy atom. The highest BCUT2D eigenvalue weighted by Crippen LogP contribution is 2.26. The highest BCUT2D eigenvalue weighted by molar-refractivity contribution is 7.89. The molecule has 1 unspecified atom stereocenters. The van der Waals surface area contributed by atoms with Crippen molar-refractivity contribution in [1.29, 1.82) is 0 Å². The summed E-state index contributed by atoms with van der Waals surface area (Å²) >= 11 is 1.63. The molecule has 1 saturated heterocycles. The Bertz CT molecular complexity index is 843. The number of rotatable bonds is 7. The summed E-state index contributed by atoms with van der Waals surface area (Å²) in [5, 5.41) is 6.76. The monoisotopic (exact) mass is 407 g/mol. The van der Waals surface area contributed by atoms with Gasteiger partial charge >= 0.3 is 0 Å². The summed E-state index contributed by atoms with van der Waals surface area (Å²) < 4.78 is 28.2. The van der Waals surface area contributed by atoms with Crippen molar-refractivity contribution in [1.82, 2.24) is 9.62 Å². The summed E-state index contributed by atoms with van der Waals surface area (Å²) in [6.07, 6.45) is 3.54. The van der Waals surface area contributed by atoms with Crippen molar-refractivity contribution in [2.75, 3.05) is 25.0 Å². The maximum Gasteiger partial charge on any atom is 0.240 e. The Hall–Kier alpha value is -1.74. The molecule has 2 N–H and O–H groups in total. The number of thiophene rings is 1. The van der Waals surface area contributed by atoms with Crippen LogP contribution in [0.4, 0.5) is 5.69 Å². The minimum absolute atomic E-state index is 0.0463. The maximum absolute atomic E-state index is 12.7. The molecule has 1 atom stereocenters. The molecule has 6 nitrogen and oxygen atoms in total. The number of carbonyl (C=O) groups excluding carboxylic acids is 1. The molecule has 146 valence electrons. The molecule has 0 aliphatic carbocycles. The van der Waals surface area contributed by atoms with E-state index in [0.717, 1.165) is 31.5 Å². The van der Waals surface area contributed by atoms with Crippen molar-refractivity contribution in [3.8, 4) is 0 Å². The molecule has 0 saturated carbocycles. The van der Waals surface area contributed by atoms with Crippen molar-refractivity contribution < 1.29 is 13.2 Å². The smallest absolute Gasteiger partial charge is 0.240 e. The van der Waals surface area contributed by atoms with Crippen LogP contribution < -0.4 is 10.0 Å². The van der Waals surface area contributed by atoms with Crippen LogP contribution in [0.3, 0.4) is 0 Å². The molecule has 8 heteroatoms. The molecular weight excluding hydrogens is 382 g/mol. The number of benzene rings is 1. The summed E-state index contributed by atoms with van der Waals surface area (Å²) in [4.78, 5) is 13.7. The predicted molar refractivity (Wildman–Crippen MR) is 108 cm³/mol. The Morgan fingerprint density at radius 2 is 1.85 bits per heavy atom. The Morgan fingerprint density at radius 3 is 2.44 bits per heavy atom. The standard InChI is InChI=1S/C19H25N3O3S2/c1-15(23)21-17-5-7-18(8-6-17)27(24,25)20-13-19(16-9-12-26-14-16)22-10-3-2-4-11-22/h5-9,12,14,19-20H,2-4,10-11,13H2,1H3,(H,21,23). The van der Waals surface area contributed by atoms with Crippen molar-refractivity contribution in [3.05, 3.63) is 46.7 Å². The van der Waals surface area contributed by atoms with Gasteiger partial charge in [0.15, 0.2) is 0 Å². The van der Waals surface area contributed by atoms with Crippen LogP contribution in [0.2, 0.25) is 0 Å². The van der Waals surface area contributed by atoms with E-state index in [1.807, 2.05) is 5.38 Å². The number of nitrogens with one attached hydrogen (secondary N) is 2. The largest absolute Gasteiger partial charge is 0.326 e. The average molecular weight is 408 g/mol. The highest BCUT2D eigenvalue weighted by Gasteiger charge is 2.25. The number of hydrogen-bond acceptors (Lipinski definition) is 5. The van der Waals surface area contributed by atoms with Crippen molar-refractivity contribution >= 4 is 33.0 Å². The van der Waals surface area contributed by atoms with Crippen molar-refractivity contribution in [2.24, 2.45) is 0 Å². The van der Waals surface area contributed by atoms with Crippen LogP contribution >= 0.6 is 11.3 Å². The van der Waals surface area contributed by atoms with Gasteiger partial charge in [-0.05, 0) is 72.6 Å². The molecule has 1 aromatic carbocycles. The maximum atomic E-state index is 12.7. The number of likely N-dealkylation sites (tertiary alicyclic amines) is 1. The van der Waals surface area contributed by atoms with Gasteiger partial charge in [0.1, 0.15) is 0 Å². The number of amides is 1. The number of nitrogens with zero attached hydrogens (tertiary/aromatic N) is 1. The Balaban J connectivity index is 1.70. The van der Waals surface area contributed by atoms with Gasteiger partial charge in [-0.25, -0.2) is 13.1 Å². The van der Waals surface area contributed by atoms with E-state index in [1.165, 1.54) is 25.5 Å². The van der Waals surface area contributed by atoms with E-state index in [2.05, 4.69) is 26.4 Å². The number of carbonyl (C=O) groups is 1. The SMILES string of the molecule is CC(=O)Nc1ccc(S(=O)(=O)NCC(c2ccsc2)N2CCCCC2)cc1. The average Bonchev–Trinajstić information content (AvgIpc) is 3.17. The first-order valence-corrected chi connectivity index (χ1v) is 11.5. The van der Waals surface area contributed by atoms with Crippen LogP contribution in [0, 0.1) is 0 Å². The van der Waals surface area contributed by atoms with E-state index in [0.29, 0.717) is 12.2 Å². The molecule has 0 radical (unpaired) electrons. The molecule has 1 aromatic heterocycles. The molecule has 1 aliphatic heterocycles. The van der Waals surface area contributed by atoms with Gasteiger partial charge in [-0.1, -0.05) is 6.42 Å². The second kappa shape index (κ2) is 8.97. The molecular formula is C19H25N3O3S2. The first kappa shape index (κ1) is 20.0. The first-order valence-electron chi connectivity index (χ1n) is 9.09. The Labute approximate surface area is 164 Å². The zero-order valence-corrected chi connectivity index (χ0v) is 17.0. The molecule has 1 fully saturated rings. The molecule has 27 heavy (non-hydrogen) atoms. The van der Waals surface area contributed by atoms with Crippen LogP contribution in [0.1, 0.15) is 37.8 Å². The van der Waals surface area contributed by atoms with Crippen LogP contribution in [0.25, 0.3) is 0 Å². The van der Waals surface area contributed by atoms with Gasteiger partial charge in [0, 0.05) is 25.2 Å². The fourth-order valence-electron chi connectivity index (χ4n) is 3.35. The molecule has 0 bridgehead atoms. The molecule has 2 aromatic rings. The van der Waals surface area contributed by atoms with E-state index < -0.39 is 10.0 Å². The minimum atomic E-state index is -3.62.